The van der Waals surface area contributed by atoms with Gasteiger partial charge in [-0.25, -0.2) is 0 Å². The van der Waals surface area contributed by atoms with Crippen LogP contribution >= 0.6 is 0 Å². The van der Waals surface area contributed by atoms with E-state index in [1.165, 1.54) is 11.1 Å². The van der Waals surface area contributed by atoms with Gasteiger partial charge < -0.3 is 20.3 Å². The van der Waals surface area contributed by atoms with Crippen LogP contribution in [-0.2, 0) is 24.3 Å². The fourth-order valence-electron chi connectivity index (χ4n) is 4.24. The molecule has 7 heteroatoms. The Morgan fingerprint density at radius 2 is 1.33 bits per heavy atom. The van der Waals surface area contributed by atoms with E-state index in [-0.39, 0.29) is 6.10 Å². The van der Waals surface area contributed by atoms with Crippen LogP contribution in [0.2, 0.25) is 0 Å². The molecule has 0 saturated carbocycles. The number of hydrogen-bond donors (Lipinski definition) is 3. The van der Waals surface area contributed by atoms with Crippen molar-refractivity contribution in [1.29, 1.82) is 0 Å². The highest BCUT2D eigenvalue weighted by Gasteiger charge is 2.16. The number of nitrogens with one attached hydrogen (secondary N) is 2. The summed E-state index contributed by atoms with van der Waals surface area (Å²) in [4.78, 5) is 4.71. The van der Waals surface area contributed by atoms with E-state index >= 15 is 0 Å². The summed E-state index contributed by atoms with van der Waals surface area (Å²) < 4.78 is 12.7. The van der Waals surface area contributed by atoms with Gasteiger partial charge in [0, 0.05) is 32.7 Å². The third kappa shape index (κ3) is 14.3. The first kappa shape index (κ1) is 30.8. The van der Waals surface area contributed by atoms with Crippen LogP contribution in [0.15, 0.2) is 60.7 Å². The maximum Gasteiger partial charge on any atom is 0.159 e. The lowest BCUT2D eigenvalue weighted by atomic mass is 10.1. The Kier molecular flexibility index (Phi) is 16.8. The van der Waals surface area contributed by atoms with Crippen molar-refractivity contribution in [3.63, 3.8) is 0 Å². The fraction of sp³-hybridized carbons (Fsp3) is 0.586. The minimum Gasteiger partial charge on any atom is -0.615 e. The Balaban J connectivity index is 1.87. The van der Waals surface area contributed by atoms with Crippen molar-refractivity contribution in [2.24, 2.45) is 0 Å². The van der Waals surface area contributed by atoms with Gasteiger partial charge in [-0.3, -0.25) is 9.80 Å². The highest BCUT2D eigenvalue weighted by Crippen LogP contribution is 2.11. The largest absolute Gasteiger partial charge is 0.615 e. The highest BCUT2D eigenvalue weighted by molar-refractivity contribution is 7.91. The lowest BCUT2D eigenvalue weighted by Gasteiger charge is -2.27. The Morgan fingerprint density at radius 1 is 0.806 bits per heavy atom. The van der Waals surface area contributed by atoms with E-state index in [1.54, 1.807) is 0 Å². The second kappa shape index (κ2) is 19.6. The molecule has 0 aromatic heterocycles. The van der Waals surface area contributed by atoms with E-state index in [4.69, 9.17) is 0 Å². The zero-order valence-corrected chi connectivity index (χ0v) is 23.2. The Morgan fingerprint density at radius 3 is 1.92 bits per heavy atom. The Labute approximate surface area is 222 Å². The van der Waals surface area contributed by atoms with E-state index in [1.807, 2.05) is 12.1 Å². The second-order valence-electron chi connectivity index (χ2n) is 9.39. The fourth-order valence-corrected chi connectivity index (χ4v) is 5.37. The standard InChI is InChI=1S/C29H48N4O2S/c1-3-30-18-17-29(34)25-32(23-27-13-7-5-8-14-27)20-11-12-21-33(24-28-15-9-6-10-16-28)26-36(35)22-19-31-4-2/h5-10,13-16,29-31,34H,3-4,11-12,17-26H2,1-2H3/t29-,36-/m0/s1. The number of unbranched alkanes of at least 4 members (excludes halogenated alkanes) is 1. The smallest absolute Gasteiger partial charge is 0.159 e. The molecule has 0 heterocycles. The third-order valence-electron chi connectivity index (χ3n) is 6.15. The van der Waals surface area contributed by atoms with E-state index < -0.39 is 11.2 Å². The van der Waals surface area contributed by atoms with Gasteiger partial charge in [0.1, 0.15) is 5.75 Å². The van der Waals surface area contributed by atoms with E-state index in [2.05, 4.69) is 82.8 Å². The van der Waals surface area contributed by atoms with Crippen LogP contribution in [0.4, 0.5) is 0 Å². The monoisotopic (exact) mass is 516 g/mol. The highest BCUT2D eigenvalue weighted by atomic mass is 32.2. The quantitative estimate of drug-likeness (QED) is 0.174. The van der Waals surface area contributed by atoms with Crippen LogP contribution in [0.3, 0.4) is 0 Å². The normalized spacial score (nSPS) is 13.4. The molecule has 0 fully saturated rings. The molecular weight excluding hydrogens is 468 g/mol. The van der Waals surface area contributed by atoms with Crippen molar-refractivity contribution in [3.05, 3.63) is 71.8 Å². The van der Waals surface area contributed by atoms with Gasteiger partial charge in [0.15, 0.2) is 5.88 Å². The molecule has 0 aliphatic rings. The summed E-state index contributed by atoms with van der Waals surface area (Å²) in [5.41, 5.74) is 2.54. The first-order valence-corrected chi connectivity index (χ1v) is 15.1. The van der Waals surface area contributed by atoms with Gasteiger partial charge in [0.2, 0.25) is 0 Å². The molecule has 0 aliphatic heterocycles. The van der Waals surface area contributed by atoms with Crippen molar-refractivity contribution >= 4 is 11.2 Å². The SMILES string of the molecule is CCNCC[C@H](O)CN(CCCCN(Cc1ccccc1)C[S@@+]([O-])CCNCC)Cc1ccccc1. The molecule has 0 spiro atoms. The third-order valence-corrected chi connectivity index (χ3v) is 7.47. The van der Waals surface area contributed by atoms with Gasteiger partial charge in [-0.15, -0.1) is 0 Å². The van der Waals surface area contributed by atoms with Crippen molar-refractivity contribution in [1.82, 2.24) is 20.4 Å². The average molecular weight is 517 g/mol. The van der Waals surface area contributed by atoms with Crippen LogP contribution in [0.25, 0.3) is 0 Å². The van der Waals surface area contributed by atoms with E-state index in [0.29, 0.717) is 18.2 Å². The first-order valence-electron chi connectivity index (χ1n) is 13.6. The van der Waals surface area contributed by atoms with Crippen LogP contribution in [0.1, 0.15) is 44.2 Å². The second-order valence-corrected chi connectivity index (χ2v) is 10.9. The molecule has 0 amide bonds. The molecule has 0 radical (unpaired) electrons. The topological polar surface area (TPSA) is 73.8 Å². The summed E-state index contributed by atoms with van der Waals surface area (Å²) in [5, 5.41) is 17.2. The maximum absolute atomic E-state index is 12.7. The molecule has 0 saturated heterocycles. The molecule has 2 aromatic carbocycles. The summed E-state index contributed by atoms with van der Waals surface area (Å²) in [6.07, 6.45) is 2.52. The predicted octanol–water partition coefficient (Wildman–Crippen LogP) is 3.45. The minimum atomic E-state index is -0.864. The molecule has 202 valence electrons. The molecule has 0 aliphatic carbocycles. The molecule has 2 rings (SSSR count). The maximum atomic E-state index is 12.7. The summed E-state index contributed by atoms with van der Waals surface area (Å²) in [6.45, 7) is 11.9. The van der Waals surface area contributed by atoms with Gasteiger partial charge in [-0.1, -0.05) is 74.5 Å². The number of nitrogens with zero attached hydrogens (tertiary/aromatic N) is 2. The zero-order valence-electron chi connectivity index (χ0n) is 22.4. The van der Waals surface area contributed by atoms with Gasteiger partial charge in [-0.2, -0.15) is 0 Å². The van der Waals surface area contributed by atoms with Crippen LogP contribution in [-0.4, -0.2) is 83.0 Å². The molecule has 0 bridgehead atoms. The van der Waals surface area contributed by atoms with E-state index in [0.717, 1.165) is 71.6 Å². The van der Waals surface area contributed by atoms with Crippen LogP contribution in [0, 0.1) is 0 Å². The number of benzene rings is 2. The lowest BCUT2D eigenvalue weighted by Crippen LogP contribution is -2.36. The van der Waals surface area contributed by atoms with Gasteiger partial charge in [0.25, 0.3) is 0 Å². The number of rotatable bonds is 21. The summed E-state index contributed by atoms with van der Waals surface area (Å²) in [7, 11) is 0. The first-order chi connectivity index (χ1) is 17.6. The molecule has 6 nitrogen and oxygen atoms in total. The molecule has 2 aromatic rings. The van der Waals surface area contributed by atoms with Crippen LogP contribution < -0.4 is 10.6 Å². The Hall–Kier alpha value is -1.45. The number of aliphatic hydroxyl groups excluding tert-OH is 1. The summed E-state index contributed by atoms with van der Waals surface area (Å²) >= 11 is -0.864. The van der Waals surface area contributed by atoms with Gasteiger partial charge in [0.05, 0.1) is 6.10 Å². The predicted molar refractivity (Wildman–Crippen MR) is 153 cm³/mol. The van der Waals surface area contributed by atoms with Crippen molar-refractivity contribution in [2.75, 3.05) is 57.4 Å². The Bertz CT molecular complexity index is 703. The number of aliphatic hydroxyl groups is 1. The van der Waals surface area contributed by atoms with Gasteiger partial charge in [-0.05, 0) is 67.7 Å². The lowest BCUT2D eigenvalue weighted by molar-refractivity contribution is 0.0998. The minimum absolute atomic E-state index is 0.332. The molecule has 3 N–H and O–H groups in total. The van der Waals surface area contributed by atoms with Gasteiger partial charge >= 0.3 is 0 Å². The van der Waals surface area contributed by atoms with Crippen molar-refractivity contribution in [2.45, 2.75) is 52.3 Å². The molecule has 0 unspecified atom stereocenters. The van der Waals surface area contributed by atoms with Crippen molar-refractivity contribution in [3.8, 4) is 0 Å². The summed E-state index contributed by atoms with van der Waals surface area (Å²) in [6, 6.07) is 21.0. The molecule has 2 atom stereocenters. The van der Waals surface area contributed by atoms with Crippen LogP contribution in [0.5, 0.6) is 0 Å². The molecule has 36 heavy (non-hydrogen) atoms. The zero-order chi connectivity index (χ0) is 25.8. The summed E-state index contributed by atoms with van der Waals surface area (Å²) in [5.74, 6) is 1.30. The number of hydrogen-bond acceptors (Lipinski definition) is 6. The van der Waals surface area contributed by atoms with Crippen molar-refractivity contribution < 1.29 is 9.66 Å². The van der Waals surface area contributed by atoms with E-state index in [9.17, 15) is 9.66 Å². The molecular formula is C29H48N4O2S. The average Bonchev–Trinajstić information content (AvgIpc) is 2.88.